The summed E-state index contributed by atoms with van der Waals surface area (Å²) in [5.74, 6) is 0.654. The molecule has 5 heteroatoms. The van der Waals surface area contributed by atoms with Crippen LogP contribution in [0.2, 0.25) is 0 Å². The number of amides is 1. The molecule has 1 heterocycles. The fourth-order valence-corrected chi connectivity index (χ4v) is 2.60. The predicted molar refractivity (Wildman–Crippen MR) is 91.0 cm³/mol. The summed E-state index contributed by atoms with van der Waals surface area (Å²) in [6.45, 7) is 8.99. The Morgan fingerprint density at radius 3 is 2.61 bits per heavy atom. The molecule has 2 rings (SSSR count). The quantitative estimate of drug-likeness (QED) is 0.814. The SMILES string of the molecule is CCN(CC)C(C)CNC(=O)Cc1cc(-c2ccccc2)on1. The molecule has 1 aromatic carbocycles. The van der Waals surface area contributed by atoms with Gasteiger partial charge >= 0.3 is 0 Å². The van der Waals surface area contributed by atoms with E-state index in [1.54, 1.807) is 0 Å². The Hall–Kier alpha value is -2.14. The van der Waals surface area contributed by atoms with Gasteiger partial charge in [-0.1, -0.05) is 49.3 Å². The van der Waals surface area contributed by atoms with E-state index in [0.717, 1.165) is 18.7 Å². The van der Waals surface area contributed by atoms with Gasteiger partial charge in [-0.05, 0) is 20.0 Å². The molecular formula is C18H25N3O2. The van der Waals surface area contributed by atoms with Gasteiger partial charge in [0, 0.05) is 24.2 Å². The first-order valence-electron chi connectivity index (χ1n) is 8.15. The van der Waals surface area contributed by atoms with E-state index in [0.29, 0.717) is 24.0 Å². The minimum atomic E-state index is -0.0306. The third-order valence-corrected chi connectivity index (χ3v) is 3.99. The maximum Gasteiger partial charge on any atom is 0.226 e. The summed E-state index contributed by atoms with van der Waals surface area (Å²) in [6, 6.07) is 11.9. The first-order valence-corrected chi connectivity index (χ1v) is 8.15. The number of carbonyl (C=O) groups is 1. The van der Waals surface area contributed by atoms with E-state index in [4.69, 9.17) is 4.52 Å². The highest BCUT2D eigenvalue weighted by molar-refractivity contribution is 5.78. The molecule has 2 aromatic rings. The van der Waals surface area contributed by atoms with Crippen molar-refractivity contribution in [3.05, 3.63) is 42.1 Å². The third kappa shape index (κ3) is 4.93. The van der Waals surface area contributed by atoms with Gasteiger partial charge in [0.25, 0.3) is 0 Å². The minimum Gasteiger partial charge on any atom is -0.356 e. The molecular weight excluding hydrogens is 290 g/mol. The zero-order valence-electron chi connectivity index (χ0n) is 14.1. The van der Waals surface area contributed by atoms with E-state index >= 15 is 0 Å². The number of benzene rings is 1. The molecule has 0 spiro atoms. The van der Waals surface area contributed by atoms with Gasteiger partial charge < -0.3 is 9.84 Å². The summed E-state index contributed by atoms with van der Waals surface area (Å²) in [5.41, 5.74) is 1.61. The van der Waals surface area contributed by atoms with Gasteiger partial charge in [0.05, 0.1) is 12.1 Å². The Bertz CT molecular complexity index is 606. The lowest BCUT2D eigenvalue weighted by molar-refractivity contribution is -0.120. The van der Waals surface area contributed by atoms with Gasteiger partial charge in [-0.15, -0.1) is 0 Å². The van der Waals surface area contributed by atoms with E-state index in [1.165, 1.54) is 0 Å². The molecule has 1 amide bonds. The zero-order chi connectivity index (χ0) is 16.7. The van der Waals surface area contributed by atoms with Crippen molar-refractivity contribution in [2.45, 2.75) is 33.2 Å². The van der Waals surface area contributed by atoms with E-state index in [9.17, 15) is 4.79 Å². The lowest BCUT2D eigenvalue weighted by Crippen LogP contribution is -2.42. The number of hydrogen-bond donors (Lipinski definition) is 1. The van der Waals surface area contributed by atoms with Gasteiger partial charge in [-0.2, -0.15) is 0 Å². The molecule has 23 heavy (non-hydrogen) atoms. The maximum absolute atomic E-state index is 12.1. The van der Waals surface area contributed by atoms with Crippen LogP contribution in [0.4, 0.5) is 0 Å². The van der Waals surface area contributed by atoms with Gasteiger partial charge in [-0.3, -0.25) is 9.69 Å². The summed E-state index contributed by atoms with van der Waals surface area (Å²) in [6.07, 6.45) is 0.237. The molecule has 1 aromatic heterocycles. The van der Waals surface area contributed by atoms with Crippen LogP contribution in [-0.2, 0) is 11.2 Å². The third-order valence-electron chi connectivity index (χ3n) is 3.99. The summed E-state index contributed by atoms with van der Waals surface area (Å²) < 4.78 is 5.31. The van der Waals surface area contributed by atoms with E-state index in [2.05, 4.69) is 36.1 Å². The van der Waals surface area contributed by atoms with Crippen LogP contribution in [0.5, 0.6) is 0 Å². The Morgan fingerprint density at radius 1 is 1.26 bits per heavy atom. The van der Waals surface area contributed by atoms with Crippen molar-refractivity contribution in [2.75, 3.05) is 19.6 Å². The van der Waals surface area contributed by atoms with Crippen molar-refractivity contribution >= 4 is 5.91 Å². The largest absolute Gasteiger partial charge is 0.356 e. The molecule has 124 valence electrons. The van der Waals surface area contributed by atoms with Crippen LogP contribution < -0.4 is 5.32 Å². The molecule has 0 bridgehead atoms. The first-order chi connectivity index (χ1) is 11.1. The summed E-state index contributed by atoms with van der Waals surface area (Å²) in [4.78, 5) is 14.4. The zero-order valence-corrected chi connectivity index (χ0v) is 14.1. The highest BCUT2D eigenvalue weighted by atomic mass is 16.5. The average Bonchev–Trinajstić information content (AvgIpc) is 3.03. The molecule has 1 atom stereocenters. The minimum absolute atomic E-state index is 0.0306. The van der Waals surface area contributed by atoms with Crippen molar-refractivity contribution in [1.29, 1.82) is 0 Å². The Balaban J connectivity index is 1.85. The second kappa shape index (κ2) is 8.48. The number of nitrogens with zero attached hydrogens (tertiary/aromatic N) is 2. The standard InChI is InChI=1S/C18H25N3O2/c1-4-21(5-2)14(3)13-19-18(22)12-16-11-17(23-20-16)15-9-7-6-8-10-15/h6-11,14H,4-5,12-13H2,1-3H3,(H,19,22). The second-order valence-electron chi connectivity index (χ2n) is 5.60. The normalized spacial score (nSPS) is 12.3. The first kappa shape index (κ1) is 17.2. The molecule has 1 N–H and O–H groups in total. The highest BCUT2D eigenvalue weighted by Crippen LogP contribution is 2.19. The van der Waals surface area contributed by atoms with Crippen LogP contribution in [0.1, 0.15) is 26.5 Å². The molecule has 0 aliphatic rings. The van der Waals surface area contributed by atoms with Crippen molar-refractivity contribution in [2.24, 2.45) is 0 Å². The van der Waals surface area contributed by atoms with Crippen LogP contribution in [0, 0.1) is 0 Å². The summed E-state index contributed by atoms with van der Waals surface area (Å²) >= 11 is 0. The number of carbonyl (C=O) groups excluding carboxylic acids is 1. The summed E-state index contributed by atoms with van der Waals surface area (Å²) in [5, 5.41) is 6.95. The predicted octanol–water partition coefficient (Wildman–Crippen LogP) is 2.73. The molecule has 0 radical (unpaired) electrons. The van der Waals surface area contributed by atoms with Crippen molar-refractivity contribution in [3.8, 4) is 11.3 Å². The fourth-order valence-electron chi connectivity index (χ4n) is 2.60. The number of rotatable bonds is 8. The van der Waals surface area contributed by atoms with Crippen LogP contribution in [0.25, 0.3) is 11.3 Å². The van der Waals surface area contributed by atoms with Gasteiger partial charge in [0.1, 0.15) is 0 Å². The van der Waals surface area contributed by atoms with E-state index in [-0.39, 0.29) is 12.3 Å². The van der Waals surface area contributed by atoms with Crippen molar-refractivity contribution in [3.63, 3.8) is 0 Å². The Kier molecular flexibility index (Phi) is 6.35. The van der Waals surface area contributed by atoms with Crippen molar-refractivity contribution in [1.82, 2.24) is 15.4 Å². The number of aromatic nitrogens is 1. The van der Waals surface area contributed by atoms with E-state index in [1.807, 2.05) is 36.4 Å². The van der Waals surface area contributed by atoms with Crippen LogP contribution >= 0.6 is 0 Å². The molecule has 5 nitrogen and oxygen atoms in total. The monoisotopic (exact) mass is 315 g/mol. The van der Waals surface area contributed by atoms with Gasteiger partial charge in [0.2, 0.25) is 5.91 Å². The van der Waals surface area contributed by atoms with Crippen LogP contribution in [0.15, 0.2) is 40.9 Å². The molecule has 0 aliphatic carbocycles. The molecule has 0 fully saturated rings. The van der Waals surface area contributed by atoms with Gasteiger partial charge in [0.15, 0.2) is 5.76 Å². The van der Waals surface area contributed by atoms with Gasteiger partial charge in [-0.25, -0.2) is 0 Å². The average molecular weight is 315 g/mol. The number of nitrogens with one attached hydrogen (secondary N) is 1. The lowest BCUT2D eigenvalue weighted by Gasteiger charge is -2.26. The maximum atomic E-state index is 12.1. The molecule has 0 saturated carbocycles. The second-order valence-corrected chi connectivity index (χ2v) is 5.60. The summed E-state index contributed by atoms with van der Waals surface area (Å²) in [7, 11) is 0. The van der Waals surface area contributed by atoms with E-state index < -0.39 is 0 Å². The van der Waals surface area contributed by atoms with Crippen molar-refractivity contribution < 1.29 is 9.32 Å². The fraction of sp³-hybridized carbons (Fsp3) is 0.444. The van der Waals surface area contributed by atoms with Crippen LogP contribution in [0.3, 0.4) is 0 Å². The Morgan fingerprint density at radius 2 is 1.96 bits per heavy atom. The Labute approximate surface area is 137 Å². The lowest BCUT2D eigenvalue weighted by atomic mass is 10.1. The number of likely N-dealkylation sites (N-methyl/N-ethyl adjacent to an activating group) is 1. The molecule has 0 aliphatic heterocycles. The topological polar surface area (TPSA) is 58.4 Å². The molecule has 0 saturated heterocycles. The number of hydrogen-bond acceptors (Lipinski definition) is 4. The smallest absolute Gasteiger partial charge is 0.226 e. The van der Waals surface area contributed by atoms with Crippen LogP contribution in [-0.4, -0.2) is 41.6 Å². The molecule has 1 unspecified atom stereocenters. The highest BCUT2D eigenvalue weighted by Gasteiger charge is 2.13.